The Balaban J connectivity index is 1.96. The summed E-state index contributed by atoms with van der Waals surface area (Å²) in [7, 11) is 0. The van der Waals surface area contributed by atoms with Crippen molar-refractivity contribution in [3.8, 4) is 5.75 Å². The Morgan fingerprint density at radius 1 is 1.17 bits per heavy atom. The lowest BCUT2D eigenvalue weighted by Crippen LogP contribution is -2.36. The molecule has 2 rings (SSSR count). The van der Waals surface area contributed by atoms with Gasteiger partial charge >= 0.3 is 0 Å². The van der Waals surface area contributed by atoms with Crippen LogP contribution < -0.4 is 10.1 Å². The minimum Gasteiger partial charge on any atom is -0.481 e. The normalized spacial score (nSPS) is 11.9. The maximum absolute atomic E-state index is 12.2. The molecule has 0 unspecified atom stereocenters. The smallest absolute Gasteiger partial charge is 0.261 e. The topological polar surface area (TPSA) is 38.3 Å². The summed E-state index contributed by atoms with van der Waals surface area (Å²) < 4.78 is 5.84. The van der Waals surface area contributed by atoms with Crippen molar-refractivity contribution in [1.29, 1.82) is 0 Å². The molecule has 0 fully saturated rings. The number of rotatable bonds is 5. The quantitative estimate of drug-likeness (QED) is 0.884. The van der Waals surface area contributed by atoms with Crippen molar-refractivity contribution in [2.45, 2.75) is 40.3 Å². The lowest BCUT2D eigenvalue weighted by molar-refractivity contribution is -0.127. The van der Waals surface area contributed by atoms with Gasteiger partial charge in [-0.3, -0.25) is 4.79 Å². The Bertz CT molecular complexity index is 695. The first-order valence-corrected chi connectivity index (χ1v) is 8.01. The predicted molar refractivity (Wildman–Crippen MR) is 94.0 cm³/mol. The van der Waals surface area contributed by atoms with E-state index in [9.17, 15) is 4.79 Å². The number of hydrogen-bond donors (Lipinski definition) is 1. The summed E-state index contributed by atoms with van der Waals surface area (Å²) in [5.41, 5.74) is 4.34. The summed E-state index contributed by atoms with van der Waals surface area (Å²) in [6.07, 6.45) is -0.554. The highest BCUT2D eigenvalue weighted by Crippen LogP contribution is 2.24. The van der Waals surface area contributed by atoms with Crippen LogP contribution in [0.4, 0.5) is 0 Å². The van der Waals surface area contributed by atoms with E-state index < -0.39 is 6.10 Å². The second kappa shape index (κ2) is 7.51. The third kappa shape index (κ3) is 4.73. The van der Waals surface area contributed by atoms with E-state index in [1.807, 2.05) is 51.1 Å². The van der Waals surface area contributed by atoms with E-state index >= 15 is 0 Å². The molecule has 0 heterocycles. The van der Waals surface area contributed by atoms with Gasteiger partial charge in [-0.15, -0.1) is 0 Å². The molecule has 4 heteroatoms. The molecule has 0 aliphatic rings. The van der Waals surface area contributed by atoms with Gasteiger partial charge in [0.05, 0.1) is 0 Å². The summed E-state index contributed by atoms with van der Waals surface area (Å²) in [6, 6.07) is 11.5. The van der Waals surface area contributed by atoms with Gasteiger partial charge in [-0.05, 0) is 68.1 Å². The first kappa shape index (κ1) is 17.4. The van der Waals surface area contributed by atoms with Gasteiger partial charge in [0.25, 0.3) is 5.91 Å². The fraction of sp³-hybridized carbons (Fsp3) is 0.316. The van der Waals surface area contributed by atoms with Crippen molar-refractivity contribution in [2.75, 3.05) is 0 Å². The van der Waals surface area contributed by atoms with Crippen LogP contribution in [0.3, 0.4) is 0 Å². The second-order valence-corrected chi connectivity index (χ2v) is 6.25. The first-order valence-electron chi connectivity index (χ1n) is 7.63. The Labute approximate surface area is 142 Å². The van der Waals surface area contributed by atoms with Crippen LogP contribution in [0.2, 0.25) is 5.02 Å². The SMILES string of the molecule is Cc1cc(C)c(C)c(O[C@H](C)C(=O)NCc2ccc(Cl)cc2)c1. The van der Waals surface area contributed by atoms with Crippen molar-refractivity contribution in [3.63, 3.8) is 0 Å². The molecule has 0 bridgehead atoms. The molecule has 0 radical (unpaired) electrons. The number of benzene rings is 2. The van der Waals surface area contributed by atoms with Crippen molar-refractivity contribution in [1.82, 2.24) is 5.32 Å². The Morgan fingerprint density at radius 2 is 1.83 bits per heavy atom. The van der Waals surface area contributed by atoms with Crippen LogP contribution in [0.5, 0.6) is 5.75 Å². The molecule has 0 saturated carbocycles. The molecule has 1 N–H and O–H groups in total. The van der Waals surface area contributed by atoms with Crippen LogP contribution in [-0.4, -0.2) is 12.0 Å². The van der Waals surface area contributed by atoms with E-state index in [-0.39, 0.29) is 5.91 Å². The average molecular weight is 332 g/mol. The summed E-state index contributed by atoms with van der Waals surface area (Å²) in [6.45, 7) is 8.28. The number of nitrogens with one attached hydrogen (secondary N) is 1. The minimum atomic E-state index is -0.554. The second-order valence-electron chi connectivity index (χ2n) is 5.81. The number of ether oxygens (including phenoxy) is 1. The Morgan fingerprint density at radius 3 is 2.48 bits per heavy atom. The highest BCUT2D eigenvalue weighted by molar-refractivity contribution is 6.30. The number of amides is 1. The standard InChI is InChI=1S/C19H22ClNO2/c1-12-9-13(2)14(3)18(10-12)23-15(4)19(22)21-11-16-5-7-17(20)8-6-16/h5-10,15H,11H2,1-4H3,(H,21,22)/t15-/m1/s1. The monoisotopic (exact) mass is 331 g/mol. The third-order valence-electron chi connectivity index (χ3n) is 3.82. The predicted octanol–water partition coefficient (Wildman–Crippen LogP) is 4.35. The van der Waals surface area contributed by atoms with Gasteiger partial charge in [-0.2, -0.15) is 0 Å². The summed E-state index contributed by atoms with van der Waals surface area (Å²) in [5.74, 6) is 0.621. The fourth-order valence-corrected chi connectivity index (χ4v) is 2.43. The van der Waals surface area contributed by atoms with E-state index in [1.54, 1.807) is 6.92 Å². The van der Waals surface area contributed by atoms with Gasteiger partial charge in [-0.1, -0.05) is 29.8 Å². The molecule has 0 aromatic heterocycles. The molecule has 122 valence electrons. The Hall–Kier alpha value is -2.00. The highest BCUT2D eigenvalue weighted by Gasteiger charge is 2.16. The third-order valence-corrected chi connectivity index (χ3v) is 4.07. The molecule has 2 aromatic rings. The summed E-state index contributed by atoms with van der Waals surface area (Å²) in [4.78, 5) is 12.2. The van der Waals surface area contributed by atoms with Gasteiger partial charge in [0, 0.05) is 11.6 Å². The number of carbonyl (C=O) groups excluding carboxylic acids is 1. The lowest BCUT2D eigenvalue weighted by Gasteiger charge is -2.18. The van der Waals surface area contributed by atoms with E-state index in [4.69, 9.17) is 16.3 Å². The zero-order valence-electron chi connectivity index (χ0n) is 13.9. The zero-order valence-corrected chi connectivity index (χ0v) is 14.7. The van der Waals surface area contributed by atoms with E-state index in [2.05, 4.69) is 11.4 Å². The summed E-state index contributed by atoms with van der Waals surface area (Å²) >= 11 is 5.85. The van der Waals surface area contributed by atoms with Crippen LogP contribution in [0.1, 0.15) is 29.2 Å². The largest absolute Gasteiger partial charge is 0.481 e. The number of aryl methyl sites for hydroxylation is 2. The lowest BCUT2D eigenvalue weighted by atomic mass is 10.1. The molecule has 1 atom stereocenters. The van der Waals surface area contributed by atoms with Crippen molar-refractivity contribution in [3.05, 3.63) is 63.7 Å². The van der Waals surface area contributed by atoms with E-state index in [0.717, 1.165) is 28.0 Å². The molecule has 0 saturated heterocycles. The van der Waals surface area contributed by atoms with Crippen LogP contribution in [0, 0.1) is 20.8 Å². The molecular weight excluding hydrogens is 310 g/mol. The highest BCUT2D eigenvalue weighted by atomic mass is 35.5. The van der Waals surface area contributed by atoms with Crippen molar-refractivity contribution < 1.29 is 9.53 Å². The van der Waals surface area contributed by atoms with Crippen LogP contribution in [0.15, 0.2) is 36.4 Å². The van der Waals surface area contributed by atoms with Gasteiger partial charge < -0.3 is 10.1 Å². The average Bonchev–Trinajstić information content (AvgIpc) is 2.51. The molecule has 0 aliphatic heterocycles. The van der Waals surface area contributed by atoms with Gasteiger partial charge in [-0.25, -0.2) is 0 Å². The summed E-state index contributed by atoms with van der Waals surface area (Å²) in [5, 5.41) is 3.56. The fourth-order valence-electron chi connectivity index (χ4n) is 2.30. The number of carbonyl (C=O) groups is 1. The molecular formula is C19H22ClNO2. The van der Waals surface area contributed by atoms with Crippen LogP contribution in [0.25, 0.3) is 0 Å². The van der Waals surface area contributed by atoms with Gasteiger partial charge in [0.1, 0.15) is 5.75 Å². The Kier molecular flexibility index (Phi) is 5.67. The maximum atomic E-state index is 12.2. The van der Waals surface area contributed by atoms with Gasteiger partial charge in [0.2, 0.25) is 0 Å². The van der Waals surface area contributed by atoms with E-state index in [1.165, 1.54) is 0 Å². The first-order chi connectivity index (χ1) is 10.9. The number of halogens is 1. The molecule has 0 aliphatic carbocycles. The van der Waals surface area contributed by atoms with Crippen molar-refractivity contribution in [2.24, 2.45) is 0 Å². The molecule has 1 amide bonds. The minimum absolute atomic E-state index is 0.140. The van der Waals surface area contributed by atoms with Crippen LogP contribution in [-0.2, 0) is 11.3 Å². The zero-order chi connectivity index (χ0) is 17.0. The molecule has 0 spiro atoms. The van der Waals surface area contributed by atoms with E-state index in [0.29, 0.717) is 11.6 Å². The molecule has 3 nitrogen and oxygen atoms in total. The molecule has 23 heavy (non-hydrogen) atoms. The van der Waals surface area contributed by atoms with Crippen LogP contribution >= 0.6 is 11.6 Å². The number of hydrogen-bond acceptors (Lipinski definition) is 2. The molecule has 2 aromatic carbocycles. The van der Waals surface area contributed by atoms with Crippen molar-refractivity contribution >= 4 is 17.5 Å². The van der Waals surface area contributed by atoms with Gasteiger partial charge in [0.15, 0.2) is 6.10 Å². The maximum Gasteiger partial charge on any atom is 0.261 e.